The van der Waals surface area contributed by atoms with E-state index < -0.39 is 0 Å². The summed E-state index contributed by atoms with van der Waals surface area (Å²) in [5, 5.41) is 4.74. The predicted molar refractivity (Wildman–Crippen MR) is 91.6 cm³/mol. The predicted octanol–water partition coefficient (Wildman–Crippen LogP) is 3.48. The maximum absolute atomic E-state index is 4.74. The van der Waals surface area contributed by atoms with E-state index in [4.69, 9.17) is 5.10 Å². The van der Waals surface area contributed by atoms with Crippen LogP contribution in [-0.2, 0) is 0 Å². The highest BCUT2D eigenvalue weighted by Gasteiger charge is 2.22. The first kappa shape index (κ1) is 14.2. The number of hydrogen-bond donors (Lipinski definition) is 0. The quantitative estimate of drug-likeness (QED) is 0.727. The van der Waals surface area contributed by atoms with E-state index in [-0.39, 0.29) is 0 Å². The minimum atomic E-state index is 0.526. The molecule has 0 bridgehead atoms. The van der Waals surface area contributed by atoms with Crippen molar-refractivity contribution < 1.29 is 0 Å². The van der Waals surface area contributed by atoms with Gasteiger partial charge in [0.25, 0.3) is 5.78 Å². The zero-order chi connectivity index (χ0) is 15.8. The summed E-state index contributed by atoms with van der Waals surface area (Å²) in [4.78, 5) is 11.6. The second-order valence-electron chi connectivity index (χ2n) is 6.31. The minimum absolute atomic E-state index is 0.526. The first-order chi connectivity index (χ1) is 11.2. The molecule has 1 aliphatic heterocycles. The molecule has 0 N–H and O–H groups in total. The fourth-order valence-electron chi connectivity index (χ4n) is 3.32. The normalized spacial score (nSPS) is 18.5. The minimum Gasteiger partial charge on any atom is -0.354 e. The van der Waals surface area contributed by atoms with Gasteiger partial charge in [0, 0.05) is 29.9 Å². The van der Waals surface area contributed by atoms with Crippen molar-refractivity contribution in [2.75, 3.05) is 11.4 Å². The molecule has 1 saturated heterocycles. The average molecular weight is 307 g/mol. The lowest BCUT2D eigenvalue weighted by Crippen LogP contribution is -2.38. The Morgan fingerprint density at radius 1 is 1.09 bits per heavy atom. The molecule has 3 heterocycles. The van der Waals surface area contributed by atoms with Crippen molar-refractivity contribution in [1.82, 2.24) is 19.6 Å². The van der Waals surface area contributed by atoms with E-state index >= 15 is 0 Å². The molecule has 5 heteroatoms. The smallest absolute Gasteiger partial charge is 0.254 e. The molecule has 118 valence electrons. The Morgan fingerprint density at radius 3 is 2.70 bits per heavy atom. The second kappa shape index (κ2) is 5.65. The molecule has 1 aromatic carbocycles. The maximum Gasteiger partial charge on any atom is 0.254 e. The van der Waals surface area contributed by atoms with Gasteiger partial charge in [0.05, 0.1) is 0 Å². The number of fused-ring (bicyclic) bond motifs is 1. The van der Waals surface area contributed by atoms with Gasteiger partial charge in [-0.3, -0.25) is 0 Å². The maximum atomic E-state index is 4.74. The molecule has 1 fully saturated rings. The van der Waals surface area contributed by atoms with Gasteiger partial charge in [-0.05, 0) is 33.1 Å². The monoisotopic (exact) mass is 307 g/mol. The Kier molecular flexibility index (Phi) is 3.48. The van der Waals surface area contributed by atoms with Crippen molar-refractivity contribution >= 4 is 11.6 Å². The van der Waals surface area contributed by atoms with Gasteiger partial charge in [-0.15, -0.1) is 5.10 Å². The lowest BCUT2D eigenvalue weighted by atomic mass is 10.0. The van der Waals surface area contributed by atoms with E-state index in [0.717, 1.165) is 29.4 Å². The number of anilines is 1. The lowest BCUT2D eigenvalue weighted by molar-refractivity contribution is 0.477. The summed E-state index contributed by atoms with van der Waals surface area (Å²) in [5.74, 6) is 2.51. The van der Waals surface area contributed by atoms with Crippen molar-refractivity contribution in [3.63, 3.8) is 0 Å². The SMILES string of the molecule is Cc1cc(N2CCCCC2C)n2nc(-c3ccccc3)nc2n1. The lowest BCUT2D eigenvalue weighted by Gasteiger charge is -2.35. The molecule has 5 nitrogen and oxygen atoms in total. The fourth-order valence-corrected chi connectivity index (χ4v) is 3.32. The topological polar surface area (TPSA) is 46.3 Å². The van der Waals surface area contributed by atoms with Crippen LogP contribution < -0.4 is 4.90 Å². The van der Waals surface area contributed by atoms with Gasteiger partial charge >= 0.3 is 0 Å². The van der Waals surface area contributed by atoms with Crippen LogP contribution in [0.25, 0.3) is 17.2 Å². The first-order valence-electron chi connectivity index (χ1n) is 8.29. The van der Waals surface area contributed by atoms with Gasteiger partial charge in [0.1, 0.15) is 5.82 Å². The van der Waals surface area contributed by atoms with Gasteiger partial charge < -0.3 is 4.90 Å². The zero-order valence-corrected chi connectivity index (χ0v) is 13.6. The summed E-state index contributed by atoms with van der Waals surface area (Å²) in [7, 11) is 0. The second-order valence-corrected chi connectivity index (χ2v) is 6.31. The standard InChI is InChI=1S/C18H21N5/c1-13-12-16(22-11-7-6-8-14(22)2)23-18(19-13)20-17(21-23)15-9-4-3-5-10-15/h3-5,9-10,12,14H,6-8,11H2,1-2H3. The van der Waals surface area contributed by atoms with Crippen LogP contribution >= 0.6 is 0 Å². The number of aromatic nitrogens is 4. The van der Waals surface area contributed by atoms with Crippen LogP contribution in [0.3, 0.4) is 0 Å². The van der Waals surface area contributed by atoms with Crippen LogP contribution in [0.4, 0.5) is 5.82 Å². The molecule has 0 spiro atoms. The molecule has 23 heavy (non-hydrogen) atoms. The van der Waals surface area contributed by atoms with Crippen molar-refractivity contribution in [2.24, 2.45) is 0 Å². The number of nitrogens with zero attached hydrogens (tertiary/aromatic N) is 5. The summed E-state index contributed by atoms with van der Waals surface area (Å²) < 4.78 is 1.90. The van der Waals surface area contributed by atoms with Crippen LogP contribution in [-0.4, -0.2) is 32.2 Å². The van der Waals surface area contributed by atoms with Crippen LogP contribution in [0, 0.1) is 6.92 Å². The van der Waals surface area contributed by atoms with Gasteiger partial charge in [-0.1, -0.05) is 30.3 Å². The first-order valence-corrected chi connectivity index (χ1v) is 8.29. The van der Waals surface area contributed by atoms with E-state index in [1.54, 1.807) is 0 Å². The van der Waals surface area contributed by atoms with E-state index in [9.17, 15) is 0 Å². The molecule has 4 rings (SSSR count). The van der Waals surface area contributed by atoms with Crippen molar-refractivity contribution in [1.29, 1.82) is 0 Å². The molecular formula is C18H21N5. The Balaban J connectivity index is 1.86. The van der Waals surface area contributed by atoms with Gasteiger partial charge in [0.2, 0.25) is 0 Å². The third-order valence-corrected chi connectivity index (χ3v) is 4.55. The Hall–Kier alpha value is -2.43. The van der Waals surface area contributed by atoms with Crippen molar-refractivity contribution in [3.05, 3.63) is 42.1 Å². The Labute approximate surface area is 136 Å². The van der Waals surface area contributed by atoms with E-state index in [0.29, 0.717) is 11.8 Å². The molecule has 0 radical (unpaired) electrons. The molecule has 0 saturated carbocycles. The molecule has 1 aliphatic rings. The van der Waals surface area contributed by atoms with Crippen LogP contribution in [0.1, 0.15) is 31.9 Å². The summed E-state index contributed by atoms with van der Waals surface area (Å²) >= 11 is 0. The largest absolute Gasteiger partial charge is 0.354 e. The molecule has 1 unspecified atom stereocenters. The molecular weight excluding hydrogens is 286 g/mol. The average Bonchev–Trinajstić information content (AvgIpc) is 2.99. The third kappa shape index (κ3) is 2.56. The van der Waals surface area contributed by atoms with Crippen LogP contribution in [0.15, 0.2) is 36.4 Å². The summed E-state index contributed by atoms with van der Waals surface area (Å²) in [6, 6.07) is 12.7. The van der Waals surface area contributed by atoms with Gasteiger partial charge in [0.15, 0.2) is 5.82 Å². The number of rotatable bonds is 2. The molecule has 2 aromatic heterocycles. The zero-order valence-electron chi connectivity index (χ0n) is 13.6. The van der Waals surface area contributed by atoms with Crippen molar-refractivity contribution in [3.8, 4) is 11.4 Å². The van der Waals surface area contributed by atoms with Crippen LogP contribution in [0.5, 0.6) is 0 Å². The Morgan fingerprint density at radius 2 is 1.91 bits per heavy atom. The summed E-state index contributed by atoms with van der Waals surface area (Å²) in [6.45, 7) is 5.38. The number of benzene rings is 1. The van der Waals surface area contributed by atoms with E-state index in [1.807, 2.05) is 41.8 Å². The highest BCUT2D eigenvalue weighted by Crippen LogP contribution is 2.26. The van der Waals surface area contributed by atoms with Gasteiger partial charge in [-0.2, -0.15) is 9.50 Å². The molecule has 0 amide bonds. The van der Waals surface area contributed by atoms with E-state index in [1.165, 1.54) is 19.3 Å². The molecule has 1 atom stereocenters. The highest BCUT2D eigenvalue weighted by atomic mass is 15.4. The van der Waals surface area contributed by atoms with Gasteiger partial charge in [-0.25, -0.2) is 4.98 Å². The summed E-state index contributed by atoms with van der Waals surface area (Å²) in [5.41, 5.74) is 2.01. The highest BCUT2D eigenvalue weighted by molar-refractivity contribution is 5.59. The fraction of sp³-hybridized carbons (Fsp3) is 0.389. The molecule has 0 aliphatic carbocycles. The third-order valence-electron chi connectivity index (χ3n) is 4.55. The number of piperidine rings is 1. The van der Waals surface area contributed by atoms with Crippen LogP contribution in [0.2, 0.25) is 0 Å². The number of aryl methyl sites for hydroxylation is 1. The number of hydrogen-bond acceptors (Lipinski definition) is 4. The van der Waals surface area contributed by atoms with E-state index in [2.05, 4.69) is 27.9 Å². The molecule has 3 aromatic rings. The summed E-state index contributed by atoms with van der Waals surface area (Å²) in [6.07, 6.45) is 3.76. The van der Waals surface area contributed by atoms with Crippen molar-refractivity contribution in [2.45, 2.75) is 39.2 Å². The Bertz CT molecular complexity index is 824.